The van der Waals surface area contributed by atoms with E-state index in [0.717, 1.165) is 33.5 Å². The minimum atomic E-state index is 0.218. The number of rotatable bonds is 1. The Morgan fingerprint density at radius 3 is 2.24 bits per heavy atom. The van der Waals surface area contributed by atoms with Crippen LogP contribution in [-0.2, 0) is 0 Å². The molecule has 6 heteroatoms. The molecule has 2 heterocycles. The second kappa shape index (κ2) is 4.99. The van der Waals surface area contributed by atoms with Crippen molar-refractivity contribution in [3.8, 4) is 17.2 Å². The molecule has 25 heavy (non-hydrogen) atoms. The molecule has 2 aromatic carbocycles. The van der Waals surface area contributed by atoms with E-state index in [1.54, 1.807) is 0 Å². The van der Waals surface area contributed by atoms with Crippen LogP contribution in [-0.4, -0.2) is 27.1 Å². The van der Waals surface area contributed by atoms with Crippen molar-refractivity contribution < 1.29 is 9.84 Å². The lowest BCUT2D eigenvalue weighted by Gasteiger charge is -2.15. The van der Waals surface area contributed by atoms with Crippen molar-refractivity contribution in [2.24, 2.45) is 0 Å². The molecule has 0 saturated carbocycles. The van der Waals surface area contributed by atoms with Crippen LogP contribution in [0.3, 0.4) is 0 Å². The number of aromatic nitrogens is 3. The quantitative estimate of drug-likeness (QED) is 0.735. The van der Waals surface area contributed by atoms with Gasteiger partial charge in [0, 0.05) is 13.1 Å². The van der Waals surface area contributed by atoms with Gasteiger partial charge in [0.05, 0.1) is 5.69 Å². The molecule has 0 bridgehead atoms. The van der Waals surface area contributed by atoms with Gasteiger partial charge < -0.3 is 14.7 Å². The number of hydrogen-bond acceptors (Lipinski definition) is 5. The Balaban J connectivity index is 1.95. The van der Waals surface area contributed by atoms with Crippen LogP contribution in [0.5, 0.6) is 11.5 Å². The van der Waals surface area contributed by atoms with E-state index < -0.39 is 0 Å². The lowest BCUT2D eigenvalue weighted by molar-refractivity contribution is 0.447. The van der Waals surface area contributed by atoms with E-state index >= 15 is 0 Å². The van der Waals surface area contributed by atoms with Crippen LogP contribution in [0.2, 0.25) is 0 Å². The third kappa shape index (κ3) is 2.03. The van der Waals surface area contributed by atoms with Crippen LogP contribution >= 0.6 is 0 Å². The summed E-state index contributed by atoms with van der Waals surface area (Å²) in [5, 5.41) is 19.8. The molecule has 0 spiro atoms. The topological polar surface area (TPSA) is 63.4 Å². The van der Waals surface area contributed by atoms with Gasteiger partial charge in [-0.05, 0) is 62.6 Å². The van der Waals surface area contributed by atoms with Crippen molar-refractivity contribution in [1.82, 2.24) is 15.0 Å². The largest absolute Gasteiger partial charge is 0.505 e. The SMILES string of the molecule is C=C1Oc2cc3nn(-c4c(C)c(C)c(C)c(C)c4O)nc3cc2N1C. The van der Waals surface area contributed by atoms with Gasteiger partial charge in [0.15, 0.2) is 11.6 Å². The fourth-order valence-corrected chi connectivity index (χ4v) is 3.22. The molecule has 1 aliphatic rings. The first-order chi connectivity index (χ1) is 11.8. The lowest BCUT2D eigenvalue weighted by Crippen LogP contribution is -2.11. The molecule has 1 aromatic heterocycles. The zero-order valence-electron chi connectivity index (χ0n) is 15.0. The number of phenols is 1. The maximum Gasteiger partial charge on any atom is 0.193 e. The standard InChI is InChI=1S/C19H20N4O2/c1-9-10(2)12(4)19(24)18(11(9)3)23-20-14-7-16-17(8-15(14)21-23)25-13(5)22(16)6/h7-8,24H,5H2,1-4,6H3. The Kier molecular flexibility index (Phi) is 3.09. The molecule has 0 unspecified atom stereocenters. The van der Waals surface area contributed by atoms with Crippen molar-refractivity contribution in [3.05, 3.63) is 46.8 Å². The summed E-state index contributed by atoms with van der Waals surface area (Å²) >= 11 is 0. The van der Waals surface area contributed by atoms with Crippen LogP contribution < -0.4 is 9.64 Å². The van der Waals surface area contributed by atoms with Gasteiger partial charge in [-0.1, -0.05) is 0 Å². The van der Waals surface area contributed by atoms with Crippen molar-refractivity contribution in [2.75, 3.05) is 11.9 Å². The van der Waals surface area contributed by atoms with Gasteiger partial charge in [-0.25, -0.2) is 0 Å². The van der Waals surface area contributed by atoms with Crippen molar-refractivity contribution in [1.29, 1.82) is 0 Å². The Hall–Kier alpha value is -3.02. The molecule has 0 amide bonds. The molecule has 0 fully saturated rings. The summed E-state index contributed by atoms with van der Waals surface area (Å²) < 4.78 is 5.65. The number of phenolic OH excluding ortho intramolecular Hbond substituents is 1. The monoisotopic (exact) mass is 336 g/mol. The van der Waals surface area contributed by atoms with Gasteiger partial charge in [-0.2, -0.15) is 0 Å². The maximum atomic E-state index is 10.7. The average molecular weight is 336 g/mol. The molecule has 0 aliphatic carbocycles. The molecule has 128 valence electrons. The smallest absolute Gasteiger partial charge is 0.193 e. The third-order valence-corrected chi connectivity index (χ3v) is 5.25. The van der Waals surface area contributed by atoms with Crippen LogP contribution in [0, 0.1) is 27.7 Å². The van der Waals surface area contributed by atoms with E-state index in [0.29, 0.717) is 22.8 Å². The van der Waals surface area contributed by atoms with Crippen LogP contribution in [0.25, 0.3) is 16.7 Å². The fourth-order valence-electron chi connectivity index (χ4n) is 3.22. The Bertz CT molecular complexity index is 1040. The molecule has 0 saturated heterocycles. The molecular formula is C19H20N4O2. The highest BCUT2D eigenvalue weighted by Crippen LogP contribution is 2.40. The first kappa shape index (κ1) is 15.5. The van der Waals surface area contributed by atoms with Gasteiger partial charge >= 0.3 is 0 Å². The zero-order chi connectivity index (χ0) is 18.0. The van der Waals surface area contributed by atoms with Gasteiger partial charge in [0.1, 0.15) is 22.5 Å². The summed E-state index contributed by atoms with van der Waals surface area (Å²) in [6.07, 6.45) is 0. The van der Waals surface area contributed by atoms with E-state index in [9.17, 15) is 5.11 Å². The molecule has 1 aliphatic heterocycles. The van der Waals surface area contributed by atoms with E-state index in [4.69, 9.17) is 4.74 Å². The van der Waals surface area contributed by atoms with Crippen LogP contribution in [0.1, 0.15) is 22.3 Å². The predicted octanol–water partition coefficient (Wildman–Crippen LogP) is 3.66. The van der Waals surface area contributed by atoms with Crippen molar-refractivity contribution >= 4 is 16.7 Å². The number of ether oxygens (including phenoxy) is 1. The zero-order valence-corrected chi connectivity index (χ0v) is 15.0. The Labute approximate surface area is 145 Å². The van der Waals surface area contributed by atoms with Crippen molar-refractivity contribution in [3.63, 3.8) is 0 Å². The van der Waals surface area contributed by atoms with E-state index in [1.165, 1.54) is 4.80 Å². The fraction of sp³-hybridized carbons (Fsp3) is 0.263. The third-order valence-electron chi connectivity index (χ3n) is 5.25. The summed E-state index contributed by atoms with van der Waals surface area (Å²) in [4.78, 5) is 3.38. The van der Waals surface area contributed by atoms with E-state index in [-0.39, 0.29) is 5.75 Å². The molecule has 4 rings (SSSR count). The molecule has 0 radical (unpaired) electrons. The summed E-state index contributed by atoms with van der Waals surface area (Å²) in [5.74, 6) is 1.51. The van der Waals surface area contributed by atoms with Gasteiger partial charge in [0.25, 0.3) is 0 Å². The molecular weight excluding hydrogens is 316 g/mol. The predicted molar refractivity (Wildman–Crippen MR) is 97.6 cm³/mol. The summed E-state index contributed by atoms with van der Waals surface area (Å²) in [5.41, 5.74) is 7.00. The number of aromatic hydroxyl groups is 1. The second-order valence-corrected chi connectivity index (χ2v) is 6.55. The van der Waals surface area contributed by atoms with Gasteiger partial charge in [-0.15, -0.1) is 15.0 Å². The van der Waals surface area contributed by atoms with E-state index in [2.05, 4.69) is 16.8 Å². The van der Waals surface area contributed by atoms with Crippen molar-refractivity contribution in [2.45, 2.75) is 27.7 Å². The molecule has 1 N–H and O–H groups in total. The first-order valence-corrected chi connectivity index (χ1v) is 8.11. The summed E-state index contributed by atoms with van der Waals surface area (Å²) in [6, 6.07) is 3.77. The number of benzene rings is 2. The molecule has 0 atom stereocenters. The minimum Gasteiger partial charge on any atom is -0.505 e. The van der Waals surface area contributed by atoms with E-state index in [1.807, 2.05) is 51.8 Å². The van der Waals surface area contributed by atoms with Crippen LogP contribution in [0.15, 0.2) is 24.6 Å². The molecule has 3 aromatic rings. The normalized spacial score (nSPS) is 13.5. The van der Waals surface area contributed by atoms with Gasteiger partial charge in [0.2, 0.25) is 0 Å². The number of hydrogen-bond donors (Lipinski definition) is 1. The number of fused-ring (bicyclic) bond motifs is 2. The average Bonchev–Trinajstić information content (AvgIpc) is 3.10. The highest BCUT2D eigenvalue weighted by Gasteiger charge is 2.24. The van der Waals surface area contributed by atoms with Gasteiger partial charge in [-0.3, -0.25) is 0 Å². The maximum absolute atomic E-state index is 10.7. The Morgan fingerprint density at radius 2 is 1.56 bits per heavy atom. The highest BCUT2D eigenvalue weighted by atomic mass is 16.5. The summed E-state index contributed by atoms with van der Waals surface area (Å²) in [6.45, 7) is 11.8. The molecule has 6 nitrogen and oxygen atoms in total. The highest BCUT2D eigenvalue weighted by molar-refractivity contribution is 5.85. The van der Waals surface area contributed by atoms with Crippen LogP contribution in [0.4, 0.5) is 5.69 Å². The first-order valence-electron chi connectivity index (χ1n) is 8.11. The second-order valence-electron chi connectivity index (χ2n) is 6.55. The minimum absolute atomic E-state index is 0.218. The summed E-state index contributed by atoms with van der Waals surface area (Å²) in [7, 11) is 1.90. The number of anilines is 1. The Morgan fingerprint density at radius 1 is 0.960 bits per heavy atom. The number of nitrogens with zero attached hydrogens (tertiary/aromatic N) is 4. The lowest BCUT2D eigenvalue weighted by atomic mass is 9.97.